The van der Waals surface area contributed by atoms with Gasteiger partial charge in [-0.05, 0) is 44.6 Å². The highest BCUT2D eigenvalue weighted by atomic mass is 19.4. The predicted molar refractivity (Wildman–Crippen MR) is 80.1 cm³/mol. The summed E-state index contributed by atoms with van der Waals surface area (Å²) in [7, 11) is 1.76. The summed E-state index contributed by atoms with van der Waals surface area (Å²) >= 11 is 0. The summed E-state index contributed by atoms with van der Waals surface area (Å²) in [6.45, 7) is 1.49. The Labute approximate surface area is 134 Å². The van der Waals surface area contributed by atoms with Gasteiger partial charge in [-0.25, -0.2) is 4.98 Å². The number of nitrogens with zero attached hydrogens (tertiary/aromatic N) is 2. The van der Waals surface area contributed by atoms with E-state index in [9.17, 15) is 13.2 Å². The molecule has 1 atom stereocenters. The fraction of sp³-hybridized carbons (Fsp3) is 0.812. The van der Waals surface area contributed by atoms with Crippen LogP contribution in [-0.2, 0) is 23.9 Å². The van der Waals surface area contributed by atoms with Gasteiger partial charge in [0.05, 0.1) is 6.10 Å². The van der Waals surface area contributed by atoms with E-state index in [-0.39, 0.29) is 0 Å². The van der Waals surface area contributed by atoms with E-state index in [0.29, 0.717) is 36.9 Å². The maximum Gasteiger partial charge on any atom is 0.434 e. The molecule has 0 bridgehead atoms. The number of aryl methyl sites for hydroxylation is 1. The zero-order valence-corrected chi connectivity index (χ0v) is 13.4. The van der Waals surface area contributed by atoms with Crippen molar-refractivity contribution >= 4 is 0 Å². The number of fused-ring (bicyclic) bond motifs is 1. The molecule has 1 aromatic heterocycles. The molecule has 7 heteroatoms. The van der Waals surface area contributed by atoms with Crippen LogP contribution in [0.25, 0.3) is 0 Å². The number of aromatic nitrogens is 2. The summed E-state index contributed by atoms with van der Waals surface area (Å²) in [6.07, 6.45) is 3.10. The summed E-state index contributed by atoms with van der Waals surface area (Å²) in [5, 5.41) is 3.59. The van der Waals surface area contributed by atoms with Gasteiger partial charge in [-0.2, -0.15) is 13.2 Å². The summed E-state index contributed by atoms with van der Waals surface area (Å²) in [6, 6.07) is 0.510. The Hall–Kier alpha value is -1.08. The molecule has 3 rings (SSSR count). The van der Waals surface area contributed by atoms with E-state index < -0.39 is 11.9 Å². The number of nitrogens with one attached hydrogen (secondary N) is 1. The molecular formula is C16H24F3N3O. The average molecular weight is 331 g/mol. The van der Waals surface area contributed by atoms with Gasteiger partial charge in [-0.15, -0.1) is 0 Å². The van der Waals surface area contributed by atoms with Gasteiger partial charge in [0, 0.05) is 32.3 Å². The largest absolute Gasteiger partial charge is 0.434 e. The molecule has 0 saturated heterocycles. The number of ether oxygens (including phenoxy) is 1. The van der Waals surface area contributed by atoms with E-state index in [4.69, 9.17) is 4.74 Å². The van der Waals surface area contributed by atoms with E-state index >= 15 is 0 Å². The molecule has 1 aromatic rings. The normalized spacial score (nSPS) is 28.6. The van der Waals surface area contributed by atoms with Gasteiger partial charge in [0.1, 0.15) is 5.82 Å². The summed E-state index contributed by atoms with van der Waals surface area (Å²) in [4.78, 5) is 3.73. The van der Waals surface area contributed by atoms with Crippen LogP contribution in [0.4, 0.5) is 13.2 Å². The molecule has 4 nitrogen and oxygen atoms in total. The van der Waals surface area contributed by atoms with Crippen LogP contribution in [-0.4, -0.2) is 35.4 Å². The Kier molecular flexibility index (Phi) is 4.96. The Morgan fingerprint density at radius 3 is 2.65 bits per heavy atom. The van der Waals surface area contributed by atoms with E-state index in [1.54, 1.807) is 11.7 Å². The third-order valence-electron chi connectivity index (χ3n) is 5.08. The first-order chi connectivity index (χ1) is 11.0. The Bertz CT molecular complexity index is 521. The van der Waals surface area contributed by atoms with Crippen molar-refractivity contribution in [3.63, 3.8) is 0 Å². The molecule has 0 radical (unpaired) electrons. The minimum atomic E-state index is -4.35. The Morgan fingerprint density at radius 2 is 2.00 bits per heavy atom. The molecule has 1 saturated carbocycles. The van der Waals surface area contributed by atoms with Crippen LogP contribution in [0.1, 0.15) is 43.6 Å². The SMILES string of the molecule is COC1CCC(NC[C@@H]2CCc3nc(C(F)(F)F)cn3C2)CC1. The van der Waals surface area contributed by atoms with Crippen LogP contribution in [0.15, 0.2) is 6.20 Å². The van der Waals surface area contributed by atoms with Crippen LogP contribution < -0.4 is 5.32 Å². The van der Waals surface area contributed by atoms with Crippen molar-refractivity contribution in [1.82, 2.24) is 14.9 Å². The molecule has 1 aliphatic carbocycles. The summed E-state index contributed by atoms with van der Waals surface area (Å²) in [5.41, 5.74) is -0.765. The minimum absolute atomic E-state index is 0.373. The van der Waals surface area contributed by atoms with Gasteiger partial charge in [0.15, 0.2) is 5.69 Å². The molecule has 1 fully saturated rings. The molecule has 0 spiro atoms. The van der Waals surface area contributed by atoms with Crippen molar-refractivity contribution in [1.29, 1.82) is 0 Å². The van der Waals surface area contributed by atoms with Crippen LogP contribution in [0.3, 0.4) is 0 Å². The van der Waals surface area contributed by atoms with Gasteiger partial charge in [0.25, 0.3) is 0 Å². The average Bonchev–Trinajstić information content (AvgIpc) is 2.97. The van der Waals surface area contributed by atoms with Crippen LogP contribution in [0.2, 0.25) is 0 Å². The molecule has 0 amide bonds. The lowest BCUT2D eigenvalue weighted by Crippen LogP contribution is -2.39. The van der Waals surface area contributed by atoms with Crippen molar-refractivity contribution in [3.05, 3.63) is 17.7 Å². The number of hydrogen-bond donors (Lipinski definition) is 1. The predicted octanol–water partition coefficient (Wildman–Crippen LogP) is 3.01. The Morgan fingerprint density at radius 1 is 1.26 bits per heavy atom. The topological polar surface area (TPSA) is 39.1 Å². The highest BCUT2D eigenvalue weighted by molar-refractivity contribution is 5.09. The number of rotatable bonds is 4. The van der Waals surface area contributed by atoms with Gasteiger partial charge < -0.3 is 14.6 Å². The smallest absolute Gasteiger partial charge is 0.381 e. The second kappa shape index (κ2) is 6.81. The van der Waals surface area contributed by atoms with Crippen molar-refractivity contribution in [2.45, 2.75) is 63.4 Å². The number of halogens is 3. The van der Waals surface area contributed by atoms with Gasteiger partial charge in [0.2, 0.25) is 0 Å². The second-order valence-electron chi connectivity index (χ2n) is 6.71. The number of imidazole rings is 1. The van der Waals surface area contributed by atoms with Gasteiger partial charge >= 0.3 is 6.18 Å². The lowest BCUT2D eigenvalue weighted by atomic mass is 9.92. The van der Waals surface area contributed by atoms with Crippen LogP contribution >= 0.6 is 0 Å². The van der Waals surface area contributed by atoms with Crippen molar-refractivity contribution in [2.24, 2.45) is 5.92 Å². The minimum Gasteiger partial charge on any atom is -0.381 e. The van der Waals surface area contributed by atoms with Crippen molar-refractivity contribution in [2.75, 3.05) is 13.7 Å². The van der Waals surface area contributed by atoms with E-state index in [1.165, 1.54) is 0 Å². The van der Waals surface area contributed by atoms with E-state index in [2.05, 4.69) is 10.3 Å². The van der Waals surface area contributed by atoms with Crippen LogP contribution in [0, 0.1) is 5.92 Å². The molecule has 23 heavy (non-hydrogen) atoms. The maximum absolute atomic E-state index is 12.7. The molecule has 0 unspecified atom stereocenters. The van der Waals surface area contributed by atoms with E-state index in [1.807, 2.05) is 0 Å². The van der Waals surface area contributed by atoms with Crippen molar-refractivity contribution < 1.29 is 17.9 Å². The fourth-order valence-corrected chi connectivity index (χ4v) is 3.65. The molecule has 1 aliphatic heterocycles. The molecule has 1 N–H and O–H groups in total. The summed E-state index contributed by atoms with van der Waals surface area (Å²) < 4.78 is 45.2. The van der Waals surface area contributed by atoms with E-state index in [0.717, 1.165) is 44.8 Å². The first-order valence-electron chi connectivity index (χ1n) is 8.35. The lowest BCUT2D eigenvalue weighted by molar-refractivity contribution is -0.141. The zero-order valence-electron chi connectivity index (χ0n) is 13.4. The van der Waals surface area contributed by atoms with Crippen molar-refractivity contribution in [3.8, 4) is 0 Å². The third kappa shape index (κ3) is 4.07. The molecule has 0 aromatic carbocycles. The molecule has 130 valence electrons. The number of alkyl halides is 3. The maximum atomic E-state index is 12.7. The van der Waals surface area contributed by atoms with Gasteiger partial charge in [-0.1, -0.05) is 0 Å². The Balaban J connectivity index is 1.49. The highest BCUT2D eigenvalue weighted by Gasteiger charge is 2.35. The summed E-state index contributed by atoms with van der Waals surface area (Å²) in [5.74, 6) is 0.937. The highest BCUT2D eigenvalue weighted by Crippen LogP contribution is 2.30. The molecule has 2 heterocycles. The second-order valence-corrected chi connectivity index (χ2v) is 6.71. The molecule has 2 aliphatic rings. The quantitative estimate of drug-likeness (QED) is 0.922. The monoisotopic (exact) mass is 331 g/mol. The lowest BCUT2D eigenvalue weighted by Gasteiger charge is -2.31. The first-order valence-corrected chi connectivity index (χ1v) is 8.35. The molecular weight excluding hydrogens is 307 g/mol. The zero-order chi connectivity index (χ0) is 16.4. The number of hydrogen-bond acceptors (Lipinski definition) is 3. The first kappa shape index (κ1) is 16.8. The standard InChI is InChI=1S/C16H24F3N3O/c1-23-13-5-3-12(4-6-13)20-8-11-2-7-15-21-14(16(17,18)19)10-22(15)9-11/h10-13,20H,2-9H2,1H3/t11-,12?,13?/m0/s1. The third-order valence-corrected chi connectivity index (χ3v) is 5.08. The number of methoxy groups -OCH3 is 1. The fourth-order valence-electron chi connectivity index (χ4n) is 3.65. The van der Waals surface area contributed by atoms with Gasteiger partial charge in [-0.3, -0.25) is 0 Å². The van der Waals surface area contributed by atoms with Crippen LogP contribution in [0.5, 0.6) is 0 Å².